The topological polar surface area (TPSA) is 66.0 Å². The Morgan fingerprint density at radius 2 is 1.96 bits per heavy atom. The van der Waals surface area contributed by atoms with E-state index in [0.29, 0.717) is 25.5 Å². The highest BCUT2D eigenvalue weighted by Crippen LogP contribution is 2.24. The zero-order chi connectivity index (χ0) is 19.3. The minimum absolute atomic E-state index is 0.624. The largest absolute Gasteiger partial charge is 0.440 e. The van der Waals surface area contributed by atoms with Crippen LogP contribution in [0.15, 0.2) is 65.5 Å². The van der Waals surface area contributed by atoms with Crippen LogP contribution in [0.2, 0.25) is 0 Å². The van der Waals surface area contributed by atoms with Gasteiger partial charge >= 0.3 is 0 Å². The molecule has 0 aliphatic carbocycles. The Bertz CT molecular complexity index is 1040. The molecule has 0 unspecified atom stereocenters. The Kier molecular flexibility index (Phi) is 5.30. The summed E-state index contributed by atoms with van der Waals surface area (Å²) in [5.74, 6) is 1.45. The second kappa shape index (κ2) is 8.19. The Morgan fingerprint density at radius 3 is 2.71 bits per heavy atom. The van der Waals surface area contributed by atoms with Crippen LogP contribution >= 0.6 is 0 Å². The van der Waals surface area contributed by atoms with Gasteiger partial charge in [0.25, 0.3) is 0 Å². The van der Waals surface area contributed by atoms with Crippen molar-refractivity contribution in [3.63, 3.8) is 0 Å². The minimum Gasteiger partial charge on any atom is -0.440 e. The molecule has 0 fully saturated rings. The molecule has 0 atom stereocenters. The molecule has 4 rings (SSSR count). The number of ether oxygens (including phenoxy) is 1. The van der Waals surface area contributed by atoms with Gasteiger partial charge in [0.05, 0.1) is 30.9 Å². The smallest absolute Gasteiger partial charge is 0.199 e. The van der Waals surface area contributed by atoms with E-state index < -0.39 is 0 Å². The van der Waals surface area contributed by atoms with Crippen LogP contribution in [0.1, 0.15) is 29.5 Å². The maximum atomic E-state index is 6.00. The molecule has 0 amide bonds. The zero-order valence-corrected chi connectivity index (χ0v) is 16.0. The molecule has 2 aromatic heterocycles. The molecular weight excluding hydrogens is 352 g/mol. The van der Waals surface area contributed by atoms with Crippen molar-refractivity contribution >= 4 is 0 Å². The summed E-state index contributed by atoms with van der Waals surface area (Å²) < 4.78 is 13.2. The van der Waals surface area contributed by atoms with Crippen molar-refractivity contribution < 1.29 is 9.15 Å². The third-order valence-corrected chi connectivity index (χ3v) is 4.62. The number of benzene rings is 2. The van der Waals surface area contributed by atoms with Gasteiger partial charge in [0.2, 0.25) is 0 Å². The zero-order valence-electron chi connectivity index (χ0n) is 16.0. The number of rotatable bonds is 7. The van der Waals surface area contributed by atoms with Crippen molar-refractivity contribution in [2.45, 2.75) is 26.9 Å². The average molecular weight is 374 g/mol. The maximum Gasteiger partial charge on any atom is 0.199 e. The molecule has 0 spiro atoms. The highest BCUT2D eigenvalue weighted by atomic mass is 16.5. The second-order valence-electron chi connectivity index (χ2n) is 6.59. The van der Waals surface area contributed by atoms with E-state index in [0.717, 1.165) is 22.6 Å². The van der Waals surface area contributed by atoms with E-state index in [1.54, 1.807) is 17.1 Å². The monoisotopic (exact) mass is 374 g/mol. The predicted octanol–water partition coefficient (Wildman–Crippen LogP) is 4.36. The summed E-state index contributed by atoms with van der Waals surface area (Å²) in [5, 5.41) is 7.82. The van der Waals surface area contributed by atoms with E-state index in [2.05, 4.69) is 40.4 Å². The van der Waals surface area contributed by atoms with Crippen LogP contribution in [-0.4, -0.2) is 26.6 Å². The van der Waals surface area contributed by atoms with Crippen LogP contribution in [-0.2, 0) is 17.8 Å². The molecule has 0 aliphatic rings. The molecular formula is C22H22N4O2. The first-order valence-electron chi connectivity index (χ1n) is 9.31. The Balaban J connectivity index is 1.50. The SMILES string of the molecule is CCOCc1ccc(C)c(Cc2ncc(-c3ccc(-n4ccnn4)cc3)o2)c1. The van der Waals surface area contributed by atoms with Crippen LogP contribution in [0.4, 0.5) is 0 Å². The average Bonchev–Trinajstić information content (AvgIpc) is 3.41. The summed E-state index contributed by atoms with van der Waals surface area (Å²) in [6.07, 6.45) is 5.90. The van der Waals surface area contributed by atoms with E-state index in [1.807, 2.05) is 37.4 Å². The predicted molar refractivity (Wildman–Crippen MR) is 106 cm³/mol. The van der Waals surface area contributed by atoms with Gasteiger partial charge in [-0.25, -0.2) is 9.67 Å². The summed E-state index contributed by atoms with van der Waals surface area (Å²) in [4.78, 5) is 4.47. The molecule has 0 aliphatic heterocycles. The van der Waals surface area contributed by atoms with Crippen LogP contribution in [0.25, 0.3) is 17.0 Å². The van der Waals surface area contributed by atoms with Crippen LogP contribution < -0.4 is 0 Å². The number of aryl methyl sites for hydroxylation is 1. The fraction of sp³-hybridized carbons (Fsp3) is 0.227. The summed E-state index contributed by atoms with van der Waals surface area (Å²) in [7, 11) is 0. The molecule has 0 bridgehead atoms. The highest BCUT2D eigenvalue weighted by molar-refractivity contribution is 5.58. The quantitative estimate of drug-likeness (QED) is 0.481. The summed E-state index contributed by atoms with van der Waals surface area (Å²) >= 11 is 0. The maximum absolute atomic E-state index is 6.00. The summed E-state index contributed by atoms with van der Waals surface area (Å²) in [6.45, 7) is 5.44. The van der Waals surface area contributed by atoms with Gasteiger partial charge in [-0.15, -0.1) is 5.10 Å². The third-order valence-electron chi connectivity index (χ3n) is 4.62. The first-order chi connectivity index (χ1) is 13.7. The van der Waals surface area contributed by atoms with Crippen LogP contribution in [0.3, 0.4) is 0 Å². The van der Waals surface area contributed by atoms with Gasteiger partial charge in [-0.3, -0.25) is 0 Å². The molecule has 2 aromatic carbocycles. The summed E-state index contributed by atoms with van der Waals surface area (Å²) in [6, 6.07) is 14.3. The number of oxazole rings is 1. The molecule has 0 N–H and O–H groups in total. The lowest BCUT2D eigenvalue weighted by atomic mass is 10.0. The Labute approximate surface area is 163 Å². The van der Waals surface area contributed by atoms with Crippen LogP contribution in [0.5, 0.6) is 0 Å². The van der Waals surface area contributed by atoms with E-state index in [4.69, 9.17) is 9.15 Å². The Morgan fingerprint density at radius 1 is 1.11 bits per heavy atom. The van der Waals surface area contributed by atoms with Gasteiger partial charge in [0.15, 0.2) is 11.7 Å². The number of hydrogen-bond acceptors (Lipinski definition) is 5. The van der Waals surface area contributed by atoms with Crippen LogP contribution in [0, 0.1) is 6.92 Å². The van der Waals surface area contributed by atoms with Crippen molar-refractivity contribution in [2.75, 3.05) is 6.61 Å². The van der Waals surface area contributed by atoms with Gasteiger partial charge in [-0.2, -0.15) is 0 Å². The number of nitrogens with zero attached hydrogens (tertiary/aromatic N) is 4. The van der Waals surface area contributed by atoms with Gasteiger partial charge in [0.1, 0.15) is 0 Å². The van der Waals surface area contributed by atoms with Crippen molar-refractivity contribution in [3.8, 4) is 17.0 Å². The first-order valence-corrected chi connectivity index (χ1v) is 9.31. The minimum atomic E-state index is 0.624. The molecule has 0 saturated heterocycles. The lowest BCUT2D eigenvalue weighted by molar-refractivity contribution is 0.134. The molecule has 0 radical (unpaired) electrons. The molecule has 6 heteroatoms. The standard InChI is InChI=1S/C22H22N4O2/c1-3-27-15-17-5-4-16(2)19(12-17)13-22-23-14-21(28-22)18-6-8-20(9-7-18)26-11-10-24-25-26/h4-12,14H,3,13,15H2,1-2H3. The van der Waals surface area contributed by atoms with Gasteiger partial charge < -0.3 is 9.15 Å². The van der Waals surface area contributed by atoms with Gasteiger partial charge in [0, 0.05) is 18.6 Å². The third kappa shape index (κ3) is 4.02. The summed E-state index contributed by atoms with van der Waals surface area (Å²) in [5.41, 5.74) is 5.51. The van der Waals surface area contributed by atoms with Gasteiger partial charge in [-0.1, -0.05) is 23.4 Å². The van der Waals surface area contributed by atoms with Crippen molar-refractivity contribution in [1.82, 2.24) is 20.0 Å². The molecule has 6 nitrogen and oxygen atoms in total. The van der Waals surface area contributed by atoms with Crippen molar-refractivity contribution in [1.29, 1.82) is 0 Å². The molecule has 4 aromatic rings. The Hall–Kier alpha value is -3.25. The first kappa shape index (κ1) is 18.1. The molecule has 28 heavy (non-hydrogen) atoms. The fourth-order valence-corrected chi connectivity index (χ4v) is 3.04. The van der Waals surface area contributed by atoms with Crippen molar-refractivity contribution in [2.24, 2.45) is 0 Å². The molecule has 2 heterocycles. The molecule has 142 valence electrons. The van der Waals surface area contributed by atoms with E-state index in [1.165, 1.54) is 11.1 Å². The van der Waals surface area contributed by atoms with E-state index >= 15 is 0 Å². The lowest BCUT2D eigenvalue weighted by Crippen LogP contribution is -1.97. The fourth-order valence-electron chi connectivity index (χ4n) is 3.04. The number of aromatic nitrogens is 4. The highest BCUT2D eigenvalue weighted by Gasteiger charge is 2.10. The molecule has 0 saturated carbocycles. The van der Waals surface area contributed by atoms with E-state index in [-0.39, 0.29) is 0 Å². The normalized spacial score (nSPS) is 11.1. The number of hydrogen-bond donors (Lipinski definition) is 0. The van der Waals surface area contributed by atoms with Gasteiger partial charge in [-0.05, 0) is 54.8 Å². The van der Waals surface area contributed by atoms with Crippen molar-refractivity contribution in [3.05, 3.63) is 83.6 Å². The lowest BCUT2D eigenvalue weighted by Gasteiger charge is -2.07. The second-order valence-corrected chi connectivity index (χ2v) is 6.59. The van der Waals surface area contributed by atoms with E-state index in [9.17, 15) is 0 Å².